The van der Waals surface area contributed by atoms with Crippen molar-refractivity contribution >= 4 is 17.6 Å². The highest BCUT2D eigenvalue weighted by Gasteiger charge is 2.12. The molecule has 17 heavy (non-hydrogen) atoms. The molecule has 1 amide bonds. The highest BCUT2D eigenvalue weighted by atomic mass is 16.5. The number of hydrogen-bond donors (Lipinski definition) is 1. The molecule has 0 saturated carbocycles. The van der Waals surface area contributed by atoms with Crippen LogP contribution in [0.3, 0.4) is 0 Å². The Kier molecular flexibility index (Phi) is 4.46. The second-order valence-electron chi connectivity index (χ2n) is 3.53. The molecule has 0 aromatic heterocycles. The minimum Gasteiger partial charge on any atom is -0.465 e. The summed E-state index contributed by atoms with van der Waals surface area (Å²) in [5, 5.41) is 2.63. The van der Waals surface area contributed by atoms with Gasteiger partial charge in [0.15, 0.2) is 0 Å². The van der Waals surface area contributed by atoms with E-state index in [9.17, 15) is 9.59 Å². The summed E-state index contributed by atoms with van der Waals surface area (Å²) < 4.78 is 4.67. The van der Waals surface area contributed by atoms with Crippen LogP contribution in [0, 0.1) is 6.92 Å². The third-order valence-electron chi connectivity index (χ3n) is 2.16. The van der Waals surface area contributed by atoms with Gasteiger partial charge in [-0.2, -0.15) is 0 Å². The highest BCUT2D eigenvalue weighted by molar-refractivity contribution is 6.04. The molecule has 0 heterocycles. The van der Waals surface area contributed by atoms with E-state index >= 15 is 0 Å². The minimum absolute atomic E-state index is 0.276. The Hall–Kier alpha value is -2.10. The fourth-order valence-corrected chi connectivity index (χ4v) is 1.37. The molecular formula is C13H15NO3. The van der Waals surface area contributed by atoms with Crippen molar-refractivity contribution in [3.05, 3.63) is 41.5 Å². The fourth-order valence-electron chi connectivity index (χ4n) is 1.37. The summed E-state index contributed by atoms with van der Waals surface area (Å²) in [6.45, 7) is 3.61. The number of rotatable bonds is 3. The van der Waals surface area contributed by atoms with Crippen LogP contribution < -0.4 is 5.32 Å². The van der Waals surface area contributed by atoms with Crippen LogP contribution in [0.1, 0.15) is 22.8 Å². The van der Waals surface area contributed by atoms with Crippen LogP contribution >= 0.6 is 0 Å². The maximum Gasteiger partial charge on any atom is 0.339 e. The number of methoxy groups -OCH3 is 1. The Morgan fingerprint density at radius 1 is 1.35 bits per heavy atom. The van der Waals surface area contributed by atoms with Crippen molar-refractivity contribution in [3.63, 3.8) is 0 Å². The smallest absolute Gasteiger partial charge is 0.339 e. The Morgan fingerprint density at radius 2 is 2.06 bits per heavy atom. The first-order valence-electron chi connectivity index (χ1n) is 5.21. The highest BCUT2D eigenvalue weighted by Crippen LogP contribution is 2.18. The van der Waals surface area contributed by atoms with Crippen LogP contribution in [0.25, 0.3) is 0 Å². The Bertz CT molecular complexity index is 464. The molecule has 0 bridgehead atoms. The summed E-state index contributed by atoms with van der Waals surface area (Å²) in [7, 11) is 1.31. The molecule has 0 aliphatic heterocycles. The number of benzene rings is 1. The second kappa shape index (κ2) is 5.84. The number of amides is 1. The molecule has 0 spiro atoms. The van der Waals surface area contributed by atoms with Gasteiger partial charge >= 0.3 is 5.97 Å². The van der Waals surface area contributed by atoms with Gasteiger partial charge in [0.1, 0.15) is 0 Å². The van der Waals surface area contributed by atoms with E-state index < -0.39 is 5.97 Å². The average molecular weight is 233 g/mol. The van der Waals surface area contributed by atoms with Gasteiger partial charge < -0.3 is 10.1 Å². The van der Waals surface area contributed by atoms with Gasteiger partial charge in [-0.3, -0.25) is 4.79 Å². The van der Waals surface area contributed by atoms with E-state index in [1.807, 2.05) is 13.0 Å². The number of esters is 1. The molecule has 1 rings (SSSR count). The third-order valence-corrected chi connectivity index (χ3v) is 2.16. The zero-order chi connectivity index (χ0) is 12.8. The number of aryl methyl sites for hydroxylation is 1. The molecule has 0 atom stereocenters. The lowest BCUT2D eigenvalue weighted by Gasteiger charge is -2.09. The molecule has 4 heteroatoms. The molecular weight excluding hydrogens is 218 g/mol. The van der Waals surface area contributed by atoms with Gasteiger partial charge in [0.05, 0.1) is 18.4 Å². The monoisotopic (exact) mass is 233 g/mol. The predicted octanol–water partition coefficient (Wildman–Crippen LogP) is 2.30. The van der Waals surface area contributed by atoms with Crippen molar-refractivity contribution < 1.29 is 14.3 Å². The first-order chi connectivity index (χ1) is 8.08. The van der Waals surface area contributed by atoms with Crippen LogP contribution in [0.4, 0.5) is 5.69 Å². The van der Waals surface area contributed by atoms with Crippen molar-refractivity contribution in [1.82, 2.24) is 0 Å². The summed E-state index contributed by atoms with van der Waals surface area (Å²) in [5.41, 5.74) is 1.73. The SMILES string of the molecule is C/C=C/C(=O)Nc1ccc(C)cc1C(=O)OC. The molecule has 0 saturated heterocycles. The first-order valence-corrected chi connectivity index (χ1v) is 5.21. The summed E-state index contributed by atoms with van der Waals surface area (Å²) in [4.78, 5) is 22.9. The lowest BCUT2D eigenvalue weighted by molar-refractivity contribution is -0.111. The van der Waals surface area contributed by atoms with Gasteiger partial charge in [0.2, 0.25) is 5.91 Å². The normalized spacial score (nSPS) is 10.3. The first kappa shape index (κ1) is 13.0. The maximum absolute atomic E-state index is 11.5. The van der Waals surface area contributed by atoms with Gasteiger partial charge in [-0.1, -0.05) is 17.7 Å². The van der Waals surface area contributed by atoms with Crippen LogP contribution in [0.2, 0.25) is 0 Å². The molecule has 0 radical (unpaired) electrons. The van der Waals surface area contributed by atoms with E-state index in [4.69, 9.17) is 0 Å². The number of ether oxygens (including phenoxy) is 1. The van der Waals surface area contributed by atoms with Crippen LogP contribution in [-0.4, -0.2) is 19.0 Å². The van der Waals surface area contributed by atoms with E-state index in [0.29, 0.717) is 11.3 Å². The van der Waals surface area contributed by atoms with Crippen molar-refractivity contribution in [2.24, 2.45) is 0 Å². The molecule has 1 aromatic rings. The van der Waals surface area contributed by atoms with Gasteiger partial charge in [-0.15, -0.1) is 0 Å². The quantitative estimate of drug-likeness (QED) is 0.643. The zero-order valence-corrected chi connectivity index (χ0v) is 10.1. The summed E-state index contributed by atoms with van der Waals surface area (Å²) in [5.74, 6) is -0.744. The van der Waals surface area contributed by atoms with Gasteiger partial charge in [0.25, 0.3) is 0 Å². The van der Waals surface area contributed by atoms with Gasteiger partial charge in [-0.05, 0) is 32.1 Å². The largest absolute Gasteiger partial charge is 0.465 e. The number of hydrogen-bond acceptors (Lipinski definition) is 3. The number of carbonyl (C=O) groups excluding carboxylic acids is 2. The zero-order valence-electron chi connectivity index (χ0n) is 10.1. The van der Waals surface area contributed by atoms with Crippen molar-refractivity contribution in [1.29, 1.82) is 0 Å². The van der Waals surface area contributed by atoms with Crippen molar-refractivity contribution in [3.8, 4) is 0 Å². The van der Waals surface area contributed by atoms with Crippen molar-refractivity contribution in [2.45, 2.75) is 13.8 Å². The molecule has 90 valence electrons. The Balaban J connectivity index is 3.06. The minimum atomic E-state index is -0.468. The molecule has 1 N–H and O–H groups in total. The second-order valence-corrected chi connectivity index (χ2v) is 3.53. The average Bonchev–Trinajstić information content (AvgIpc) is 2.30. The molecule has 0 aliphatic rings. The van der Waals surface area contributed by atoms with E-state index in [-0.39, 0.29) is 5.91 Å². The number of carbonyl (C=O) groups is 2. The molecule has 0 unspecified atom stereocenters. The molecule has 4 nitrogen and oxygen atoms in total. The Labute approximate surface area is 100 Å². The van der Waals surface area contributed by atoms with E-state index in [1.165, 1.54) is 13.2 Å². The van der Waals surface area contributed by atoms with Crippen LogP contribution in [-0.2, 0) is 9.53 Å². The van der Waals surface area contributed by atoms with Gasteiger partial charge in [-0.25, -0.2) is 4.79 Å². The van der Waals surface area contributed by atoms with Crippen LogP contribution in [0.5, 0.6) is 0 Å². The third kappa shape index (κ3) is 3.45. The predicted molar refractivity (Wildman–Crippen MR) is 66.0 cm³/mol. The van der Waals surface area contributed by atoms with Gasteiger partial charge in [0, 0.05) is 0 Å². The topological polar surface area (TPSA) is 55.4 Å². The van der Waals surface area contributed by atoms with Crippen molar-refractivity contribution in [2.75, 3.05) is 12.4 Å². The number of allylic oxidation sites excluding steroid dienone is 1. The summed E-state index contributed by atoms with van der Waals surface area (Å²) in [6, 6.07) is 5.18. The summed E-state index contributed by atoms with van der Waals surface area (Å²) in [6.07, 6.45) is 3.02. The molecule has 0 fully saturated rings. The number of nitrogens with one attached hydrogen (secondary N) is 1. The maximum atomic E-state index is 11.5. The molecule has 1 aromatic carbocycles. The van der Waals surface area contributed by atoms with E-state index in [0.717, 1.165) is 5.56 Å². The fraction of sp³-hybridized carbons (Fsp3) is 0.231. The molecule has 0 aliphatic carbocycles. The lowest BCUT2D eigenvalue weighted by atomic mass is 10.1. The van der Waals surface area contributed by atoms with E-state index in [1.54, 1.807) is 25.1 Å². The van der Waals surface area contributed by atoms with E-state index in [2.05, 4.69) is 10.1 Å². The van der Waals surface area contributed by atoms with Crippen LogP contribution in [0.15, 0.2) is 30.4 Å². The Morgan fingerprint density at radius 3 is 2.65 bits per heavy atom. The lowest BCUT2D eigenvalue weighted by Crippen LogP contribution is -2.13. The number of anilines is 1. The standard InChI is InChI=1S/C13H15NO3/c1-4-5-12(15)14-11-7-6-9(2)8-10(11)13(16)17-3/h4-8H,1-3H3,(H,14,15)/b5-4+. The summed E-state index contributed by atoms with van der Waals surface area (Å²) >= 11 is 0.